The first-order chi connectivity index (χ1) is 9.98. The number of rotatable bonds is 4. The summed E-state index contributed by atoms with van der Waals surface area (Å²) in [6.07, 6.45) is 6.44. The van der Waals surface area contributed by atoms with E-state index in [0.29, 0.717) is 0 Å². The Morgan fingerprint density at radius 1 is 0.762 bits per heavy atom. The summed E-state index contributed by atoms with van der Waals surface area (Å²) in [5, 5.41) is 0. The van der Waals surface area contributed by atoms with Crippen LogP contribution in [0.25, 0.3) is 0 Å². The van der Waals surface area contributed by atoms with Crippen molar-refractivity contribution in [2.45, 2.75) is 0 Å². The van der Waals surface area contributed by atoms with Crippen LogP contribution < -0.4 is 0 Å². The van der Waals surface area contributed by atoms with Gasteiger partial charge in [0.2, 0.25) is 0 Å². The van der Waals surface area contributed by atoms with E-state index in [1.807, 2.05) is 0 Å². The molecule has 0 aliphatic rings. The molecule has 0 spiro atoms. The Morgan fingerprint density at radius 2 is 1.10 bits per heavy atom. The molecule has 0 fully saturated rings. The molecule has 108 valence electrons. The van der Waals surface area contributed by atoms with Gasteiger partial charge < -0.3 is 8.37 Å². The zero-order valence-electron chi connectivity index (χ0n) is 10.1. The lowest BCUT2D eigenvalue weighted by Gasteiger charge is -2.04. The topological polar surface area (TPSA) is 138 Å². The maximum absolute atomic E-state index is 11.5. The van der Waals surface area contributed by atoms with Crippen molar-refractivity contribution in [2.24, 2.45) is 0 Å². The molecule has 0 aromatic carbocycles. The molecule has 2 rings (SSSR count). The van der Waals surface area contributed by atoms with Gasteiger partial charge in [-0.2, -0.15) is 0 Å². The third kappa shape index (κ3) is 4.01. The molecule has 0 unspecified atom stereocenters. The van der Waals surface area contributed by atoms with Gasteiger partial charge in [-0.25, -0.2) is 29.5 Å². The zero-order valence-corrected chi connectivity index (χ0v) is 10.9. The molecule has 0 radical (unpaired) electrons. The van der Waals surface area contributed by atoms with Gasteiger partial charge in [0.05, 0.1) is 11.1 Å². The molecule has 10 nitrogen and oxygen atoms in total. The summed E-state index contributed by atoms with van der Waals surface area (Å²) in [4.78, 5) is 37.0. The maximum Gasteiger partial charge on any atom is 0.506 e. The van der Waals surface area contributed by atoms with Crippen LogP contribution in [0.2, 0.25) is 0 Å². The van der Waals surface area contributed by atoms with Crippen molar-refractivity contribution in [1.29, 1.82) is 0 Å². The Balaban J connectivity index is 2.06. The zero-order chi connectivity index (χ0) is 15.3. The molecule has 2 heterocycles. The van der Waals surface area contributed by atoms with Crippen molar-refractivity contribution in [3.05, 3.63) is 48.6 Å². The maximum atomic E-state index is 11.5. The second kappa shape index (κ2) is 6.00. The van der Waals surface area contributed by atoms with Crippen LogP contribution in [0.1, 0.15) is 20.7 Å². The lowest BCUT2D eigenvalue weighted by atomic mass is 10.4. The number of hydrogen-bond donors (Lipinski definition) is 0. The van der Waals surface area contributed by atoms with E-state index in [-0.39, 0.29) is 11.1 Å². The van der Waals surface area contributed by atoms with Gasteiger partial charge in [-0.3, -0.25) is 0 Å². The van der Waals surface area contributed by atoms with Gasteiger partial charge in [0.1, 0.15) is 12.7 Å². The quantitative estimate of drug-likeness (QED) is 0.727. The standard InChI is InChI=1S/C10H6N4O6S/c15-9(7-1-11-5-12-2-7)19-21(17,18)20-10(16)8-3-13-6-14-4-8/h1-6H. The molecule has 0 aliphatic carbocycles. The van der Waals surface area contributed by atoms with Crippen LogP contribution in [0.5, 0.6) is 0 Å². The van der Waals surface area contributed by atoms with Crippen molar-refractivity contribution in [3.8, 4) is 0 Å². The highest BCUT2D eigenvalue weighted by molar-refractivity contribution is 7.82. The van der Waals surface area contributed by atoms with Gasteiger partial charge in [-0.15, -0.1) is 8.42 Å². The fraction of sp³-hybridized carbons (Fsp3) is 0. The number of nitrogens with zero attached hydrogens (tertiary/aromatic N) is 4. The number of carbonyl (C=O) groups is 2. The summed E-state index contributed by atoms with van der Waals surface area (Å²) in [6.45, 7) is 0. The fourth-order valence-electron chi connectivity index (χ4n) is 1.11. The summed E-state index contributed by atoms with van der Waals surface area (Å²) in [5.41, 5.74) is -0.444. The van der Waals surface area contributed by atoms with Crippen LogP contribution in [0.4, 0.5) is 0 Å². The molecule has 11 heteroatoms. The number of aromatic nitrogens is 4. The Hall–Kier alpha value is -2.95. The van der Waals surface area contributed by atoms with E-state index >= 15 is 0 Å². The molecule has 0 amide bonds. The van der Waals surface area contributed by atoms with Gasteiger partial charge in [-0.1, -0.05) is 0 Å². The van der Waals surface area contributed by atoms with E-state index in [4.69, 9.17) is 0 Å². The second-order valence-corrected chi connectivity index (χ2v) is 4.55. The molecule has 0 bridgehead atoms. The molecule has 0 saturated heterocycles. The highest BCUT2D eigenvalue weighted by Crippen LogP contribution is 2.07. The van der Waals surface area contributed by atoms with E-state index in [1.54, 1.807) is 0 Å². The highest BCUT2D eigenvalue weighted by atomic mass is 32.3. The lowest BCUT2D eigenvalue weighted by molar-refractivity contribution is 0.0647. The minimum Gasteiger partial charge on any atom is -0.311 e. The van der Waals surface area contributed by atoms with E-state index in [0.717, 1.165) is 37.4 Å². The summed E-state index contributed by atoms with van der Waals surface area (Å²) in [7, 11) is -4.89. The van der Waals surface area contributed by atoms with E-state index in [2.05, 4.69) is 28.3 Å². The van der Waals surface area contributed by atoms with Crippen LogP contribution in [0.3, 0.4) is 0 Å². The Morgan fingerprint density at radius 3 is 1.43 bits per heavy atom. The van der Waals surface area contributed by atoms with Crippen LogP contribution in [-0.2, 0) is 18.8 Å². The Bertz CT molecular complexity index is 690. The molecule has 0 N–H and O–H groups in total. The predicted molar refractivity (Wildman–Crippen MR) is 63.8 cm³/mol. The van der Waals surface area contributed by atoms with Crippen LogP contribution >= 0.6 is 0 Å². The molecule has 2 aromatic heterocycles. The first kappa shape index (κ1) is 14.5. The van der Waals surface area contributed by atoms with E-state index in [1.165, 1.54) is 0 Å². The molecule has 0 saturated carbocycles. The normalized spacial score (nSPS) is 10.7. The van der Waals surface area contributed by atoms with Crippen LogP contribution in [-0.4, -0.2) is 40.3 Å². The second-order valence-electron chi connectivity index (χ2n) is 3.40. The fourth-order valence-corrected chi connectivity index (χ4v) is 1.70. The summed E-state index contributed by atoms with van der Waals surface area (Å²) >= 11 is 0. The average Bonchev–Trinajstić information content (AvgIpc) is 2.48. The third-order valence-corrected chi connectivity index (χ3v) is 2.66. The van der Waals surface area contributed by atoms with E-state index < -0.39 is 22.3 Å². The van der Waals surface area contributed by atoms with Gasteiger partial charge in [0, 0.05) is 24.8 Å². The van der Waals surface area contributed by atoms with Gasteiger partial charge in [0.25, 0.3) is 0 Å². The molecular weight excluding hydrogens is 304 g/mol. The van der Waals surface area contributed by atoms with Crippen LogP contribution in [0.15, 0.2) is 37.4 Å². The minimum absolute atomic E-state index is 0.222. The summed E-state index contributed by atoms with van der Waals surface area (Å²) in [6, 6.07) is 0. The lowest BCUT2D eigenvalue weighted by Crippen LogP contribution is -2.20. The van der Waals surface area contributed by atoms with Gasteiger partial charge in [-0.05, 0) is 0 Å². The van der Waals surface area contributed by atoms with Crippen molar-refractivity contribution in [3.63, 3.8) is 0 Å². The predicted octanol–water partition coefficient (Wildman–Crippen LogP) is -0.475. The number of hydrogen-bond acceptors (Lipinski definition) is 10. The van der Waals surface area contributed by atoms with Crippen LogP contribution in [0, 0.1) is 0 Å². The smallest absolute Gasteiger partial charge is 0.311 e. The Kier molecular flexibility index (Phi) is 4.13. The summed E-state index contributed by atoms with van der Waals surface area (Å²) < 4.78 is 31.0. The van der Waals surface area contributed by atoms with Gasteiger partial charge in [0.15, 0.2) is 0 Å². The average molecular weight is 310 g/mol. The van der Waals surface area contributed by atoms with E-state index in [9.17, 15) is 18.0 Å². The molecule has 21 heavy (non-hydrogen) atoms. The summed E-state index contributed by atoms with van der Waals surface area (Å²) in [5.74, 6) is -2.57. The molecule has 2 aromatic rings. The molecule has 0 atom stereocenters. The monoisotopic (exact) mass is 310 g/mol. The van der Waals surface area contributed by atoms with Crippen molar-refractivity contribution >= 4 is 22.3 Å². The first-order valence-corrected chi connectivity index (χ1v) is 6.54. The third-order valence-electron chi connectivity index (χ3n) is 1.95. The highest BCUT2D eigenvalue weighted by Gasteiger charge is 2.25. The van der Waals surface area contributed by atoms with Crippen molar-refractivity contribution < 1.29 is 26.4 Å². The molecule has 0 aliphatic heterocycles. The first-order valence-electron chi connectivity index (χ1n) is 5.20. The SMILES string of the molecule is O=C(OS(=O)(=O)OC(=O)c1cncnc1)c1cncnc1. The minimum atomic E-state index is -4.89. The van der Waals surface area contributed by atoms with Crippen molar-refractivity contribution in [2.75, 3.05) is 0 Å². The van der Waals surface area contributed by atoms with Crippen molar-refractivity contribution in [1.82, 2.24) is 19.9 Å². The largest absolute Gasteiger partial charge is 0.506 e. The molecular formula is C10H6N4O6S. The number of carbonyl (C=O) groups excluding carboxylic acids is 2. The Labute approximate surface area is 118 Å². The van der Waals surface area contributed by atoms with Gasteiger partial charge >= 0.3 is 22.3 Å².